The summed E-state index contributed by atoms with van der Waals surface area (Å²) in [6.07, 6.45) is -3.58. The van der Waals surface area contributed by atoms with Gasteiger partial charge in [0.1, 0.15) is 5.02 Å². The van der Waals surface area contributed by atoms with E-state index >= 15 is 0 Å². The molecule has 1 aromatic heterocycles. The van der Waals surface area contributed by atoms with E-state index in [0.717, 1.165) is 12.3 Å². The number of carbonyl (C=O) groups is 1. The summed E-state index contributed by atoms with van der Waals surface area (Å²) in [7, 11) is -3.99. The van der Waals surface area contributed by atoms with E-state index < -0.39 is 34.6 Å². The van der Waals surface area contributed by atoms with Crippen molar-refractivity contribution in [3.05, 3.63) is 46.1 Å². The van der Waals surface area contributed by atoms with Gasteiger partial charge in [-0.2, -0.15) is 13.2 Å². The van der Waals surface area contributed by atoms with Gasteiger partial charge in [0.2, 0.25) is 15.9 Å². The molecule has 12 heteroatoms. The van der Waals surface area contributed by atoms with E-state index in [1.54, 1.807) is 13.8 Å². The Bertz CT molecular complexity index is 1030. The van der Waals surface area contributed by atoms with E-state index in [0.29, 0.717) is 11.1 Å². The zero-order chi connectivity index (χ0) is 21.3. The zero-order valence-electron chi connectivity index (χ0n) is 14.6. The van der Waals surface area contributed by atoms with Crippen LogP contribution in [0.2, 0.25) is 5.02 Å². The number of halogens is 4. The summed E-state index contributed by atoms with van der Waals surface area (Å²) < 4.78 is 64.2. The third-order valence-corrected chi connectivity index (χ3v) is 4.82. The first kappa shape index (κ1) is 21.9. The molecule has 2 rings (SSSR count). The topological polar surface area (TPSA) is 111 Å². The third kappa shape index (κ3) is 5.57. The summed E-state index contributed by atoms with van der Waals surface area (Å²) in [5.74, 6) is -1.18. The number of carbonyl (C=O) groups excluding carboxylic acids is 1. The number of aryl methyl sites for hydroxylation is 1. The number of ether oxygens (including phenoxy) is 1. The maximum atomic E-state index is 12.4. The lowest BCUT2D eigenvalue weighted by Crippen LogP contribution is -2.20. The second kappa shape index (κ2) is 7.94. The van der Waals surface area contributed by atoms with Gasteiger partial charge in [-0.15, -0.1) is 0 Å². The molecule has 2 aromatic rings. The average Bonchev–Trinajstić information content (AvgIpc) is 2.55. The number of nitrogens with one attached hydrogen (secondary N) is 1. The molecule has 0 aliphatic rings. The van der Waals surface area contributed by atoms with E-state index in [-0.39, 0.29) is 21.2 Å². The van der Waals surface area contributed by atoms with E-state index in [4.69, 9.17) is 16.7 Å². The molecule has 1 aromatic carbocycles. The van der Waals surface area contributed by atoms with Crippen LogP contribution in [0.15, 0.2) is 29.3 Å². The van der Waals surface area contributed by atoms with Crippen molar-refractivity contribution in [1.82, 2.24) is 4.98 Å². The Morgan fingerprint density at radius 3 is 2.46 bits per heavy atom. The Hall–Kier alpha value is -2.37. The lowest BCUT2D eigenvalue weighted by atomic mass is 10.1. The summed E-state index contributed by atoms with van der Waals surface area (Å²) in [4.78, 5) is 15.8. The van der Waals surface area contributed by atoms with Crippen molar-refractivity contribution < 1.29 is 31.1 Å². The number of hydrogen-bond donors (Lipinski definition) is 2. The van der Waals surface area contributed by atoms with Gasteiger partial charge < -0.3 is 10.1 Å². The van der Waals surface area contributed by atoms with Crippen LogP contribution in [-0.2, 0) is 10.0 Å². The highest BCUT2D eigenvalue weighted by molar-refractivity contribution is 7.89. The van der Waals surface area contributed by atoms with Crippen LogP contribution in [0.4, 0.5) is 18.9 Å². The molecule has 0 saturated heterocycles. The number of hydrogen-bond acceptors (Lipinski definition) is 5. The molecule has 3 N–H and O–H groups in total. The van der Waals surface area contributed by atoms with Crippen molar-refractivity contribution in [2.75, 3.05) is 11.9 Å². The largest absolute Gasteiger partial charge is 0.467 e. The molecule has 1 amide bonds. The highest BCUT2D eigenvalue weighted by Crippen LogP contribution is 2.27. The van der Waals surface area contributed by atoms with Gasteiger partial charge >= 0.3 is 6.18 Å². The summed E-state index contributed by atoms with van der Waals surface area (Å²) in [5, 5.41) is 7.34. The first-order valence-corrected chi connectivity index (χ1v) is 9.51. The van der Waals surface area contributed by atoms with Crippen molar-refractivity contribution in [3.63, 3.8) is 0 Å². The molecule has 0 aliphatic heterocycles. The molecule has 28 heavy (non-hydrogen) atoms. The van der Waals surface area contributed by atoms with Crippen molar-refractivity contribution in [3.8, 4) is 5.88 Å². The van der Waals surface area contributed by atoms with Gasteiger partial charge in [0.25, 0.3) is 5.91 Å². The van der Waals surface area contributed by atoms with Gasteiger partial charge in [-0.25, -0.2) is 18.5 Å². The molecule has 1 heterocycles. The first-order chi connectivity index (χ1) is 12.8. The van der Waals surface area contributed by atoms with Gasteiger partial charge in [0.05, 0.1) is 10.5 Å². The number of amides is 1. The number of primary sulfonamides is 1. The quantitative estimate of drug-likeness (QED) is 0.746. The van der Waals surface area contributed by atoms with Gasteiger partial charge in [-0.05, 0) is 43.2 Å². The fourth-order valence-electron chi connectivity index (χ4n) is 2.12. The molecular formula is C16H15ClF3N3O4S. The fourth-order valence-corrected chi connectivity index (χ4v) is 2.96. The summed E-state index contributed by atoms with van der Waals surface area (Å²) >= 11 is 5.82. The predicted molar refractivity (Wildman–Crippen MR) is 96.0 cm³/mol. The predicted octanol–water partition coefficient (Wildman–Crippen LogP) is 3.19. The lowest BCUT2D eigenvalue weighted by Gasteiger charge is -2.13. The van der Waals surface area contributed by atoms with Crippen molar-refractivity contribution in [1.29, 1.82) is 0 Å². The highest BCUT2D eigenvalue weighted by atomic mass is 35.5. The molecule has 0 radical (unpaired) electrons. The second-order valence-corrected chi connectivity index (χ2v) is 7.80. The highest BCUT2D eigenvalue weighted by Gasteiger charge is 2.29. The van der Waals surface area contributed by atoms with Gasteiger partial charge in [-0.3, -0.25) is 4.79 Å². The number of pyridine rings is 1. The number of alkyl halides is 3. The minimum atomic E-state index is -4.56. The number of benzene rings is 1. The normalized spacial score (nSPS) is 12.0. The van der Waals surface area contributed by atoms with Crippen LogP contribution in [0.5, 0.6) is 5.88 Å². The first-order valence-electron chi connectivity index (χ1n) is 7.58. The molecule has 0 fully saturated rings. The van der Waals surface area contributed by atoms with Crippen LogP contribution in [0, 0.1) is 13.8 Å². The minimum Gasteiger partial charge on any atom is -0.467 e. The van der Waals surface area contributed by atoms with Crippen molar-refractivity contribution >= 4 is 33.2 Å². The Morgan fingerprint density at radius 1 is 1.29 bits per heavy atom. The van der Waals surface area contributed by atoms with Crippen LogP contribution in [0.25, 0.3) is 0 Å². The number of anilines is 1. The Balaban J connectivity index is 2.26. The van der Waals surface area contributed by atoms with Gasteiger partial charge in [0, 0.05) is 11.9 Å². The number of rotatable bonds is 5. The molecule has 0 bridgehead atoms. The average molecular weight is 438 g/mol. The molecular weight excluding hydrogens is 423 g/mol. The lowest BCUT2D eigenvalue weighted by molar-refractivity contribution is -0.154. The maximum Gasteiger partial charge on any atom is 0.422 e. The zero-order valence-corrected chi connectivity index (χ0v) is 16.2. The molecule has 0 spiro atoms. The Labute approximate surface area is 163 Å². The second-order valence-electron chi connectivity index (χ2n) is 5.83. The van der Waals surface area contributed by atoms with E-state index in [1.165, 1.54) is 12.1 Å². The van der Waals surface area contributed by atoms with Crippen LogP contribution in [-0.4, -0.2) is 32.1 Å². The summed E-state index contributed by atoms with van der Waals surface area (Å²) in [5.41, 5.74) is 1.31. The van der Waals surface area contributed by atoms with Crippen molar-refractivity contribution in [2.45, 2.75) is 24.9 Å². The van der Waals surface area contributed by atoms with Crippen LogP contribution < -0.4 is 15.2 Å². The molecule has 7 nitrogen and oxygen atoms in total. The molecule has 0 atom stereocenters. The van der Waals surface area contributed by atoms with Crippen molar-refractivity contribution in [2.24, 2.45) is 5.14 Å². The van der Waals surface area contributed by atoms with E-state index in [1.807, 2.05) is 0 Å². The monoisotopic (exact) mass is 437 g/mol. The van der Waals surface area contributed by atoms with Crippen LogP contribution in [0.3, 0.4) is 0 Å². The van der Waals surface area contributed by atoms with E-state index in [9.17, 15) is 26.4 Å². The van der Waals surface area contributed by atoms with Gasteiger partial charge in [0.15, 0.2) is 6.61 Å². The molecule has 0 unspecified atom stereocenters. The standard InChI is InChI=1S/C16H15ClF3N3O4S/c1-8-3-11(28(21,25)26)5-13(9(8)2)23-14(24)10-4-12(17)15(22-6-10)27-7-16(18,19)20/h3-6H,7H2,1-2H3,(H,23,24)(H2,21,25,26). The molecule has 0 saturated carbocycles. The van der Waals surface area contributed by atoms with Crippen LogP contribution in [0.1, 0.15) is 21.5 Å². The molecule has 152 valence electrons. The maximum absolute atomic E-state index is 12.4. The summed E-state index contributed by atoms with van der Waals surface area (Å²) in [6, 6.07) is 3.65. The fraction of sp³-hybridized carbons (Fsp3) is 0.250. The minimum absolute atomic E-state index is 0.0672. The number of nitrogens with two attached hydrogens (primary N) is 1. The number of aromatic nitrogens is 1. The van der Waals surface area contributed by atoms with Gasteiger partial charge in [-0.1, -0.05) is 11.6 Å². The SMILES string of the molecule is Cc1cc(S(N)(=O)=O)cc(NC(=O)c2cnc(OCC(F)(F)F)c(Cl)c2)c1C. The third-order valence-electron chi connectivity index (χ3n) is 3.66. The Morgan fingerprint density at radius 2 is 1.93 bits per heavy atom. The van der Waals surface area contributed by atoms with Crippen LogP contribution >= 0.6 is 11.6 Å². The number of sulfonamides is 1. The molecule has 0 aliphatic carbocycles. The van der Waals surface area contributed by atoms with E-state index in [2.05, 4.69) is 15.0 Å². The summed E-state index contributed by atoms with van der Waals surface area (Å²) in [6.45, 7) is 1.73. The number of nitrogens with zero attached hydrogens (tertiary/aromatic N) is 1. The Kier molecular flexibility index (Phi) is 6.21. The smallest absolute Gasteiger partial charge is 0.422 e.